The largest absolute Gasteiger partial charge is 0.466 e. The Kier molecular flexibility index (Phi) is 3.51. The average Bonchev–Trinajstić information content (AvgIpc) is 2.41. The number of Topliss-reactive ketones (excluding diaryl/α,β-unsaturated/α-hetero) is 1. The minimum Gasteiger partial charge on any atom is -0.466 e. The fraction of sp³-hybridized carbons (Fsp3) is 0.333. The first-order chi connectivity index (χ1) is 9.22. The second-order valence-electron chi connectivity index (χ2n) is 4.83. The van der Waals surface area contributed by atoms with Crippen molar-refractivity contribution >= 4 is 32.5 Å². The third kappa shape index (κ3) is 2.78. The molecule has 0 N–H and O–H groups in total. The summed E-state index contributed by atoms with van der Waals surface area (Å²) in [5.41, 5.74) is 0. The molecular weight excluding hydrogens is 306 g/mol. The summed E-state index contributed by atoms with van der Waals surface area (Å²) in [6, 6.07) is 7.89. The van der Waals surface area contributed by atoms with Gasteiger partial charge in [0.05, 0.1) is 0 Å². The third-order valence-electron chi connectivity index (χ3n) is 3.42. The molecule has 3 nitrogen and oxygen atoms in total. The Balaban J connectivity index is 1.86. The van der Waals surface area contributed by atoms with Crippen molar-refractivity contribution in [1.82, 2.24) is 4.98 Å². The zero-order valence-corrected chi connectivity index (χ0v) is 12.0. The Labute approximate surface area is 120 Å². The maximum atomic E-state index is 11.8. The highest BCUT2D eigenvalue weighted by Gasteiger charge is 2.24. The molecule has 1 aromatic heterocycles. The van der Waals surface area contributed by atoms with Crippen LogP contribution in [0, 0.1) is 0 Å². The van der Waals surface area contributed by atoms with E-state index in [2.05, 4.69) is 20.9 Å². The quantitative estimate of drug-likeness (QED) is 0.843. The number of halogens is 1. The van der Waals surface area contributed by atoms with E-state index in [0.29, 0.717) is 12.3 Å². The first-order valence-corrected chi connectivity index (χ1v) is 7.26. The normalized spacial score (nSPS) is 19.6. The number of aromatic nitrogens is 1. The molecule has 1 fully saturated rings. The molecule has 0 spiro atoms. The highest BCUT2D eigenvalue weighted by molar-refractivity contribution is 9.10. The fourth-order valence-corrected chi connectivity index (χ4v) is 2.76. The Morgan fingerprint density at radius 2 is 2.11 bits per heavy atom. The van der Waals surface area contributed by atoms with Crippen LogP contribution in [-0.2, 0) is 4.79 Å². The summed E-state index contributed by atoms with van der Waals surface area (Å²) >= 11 is 3.45. The van der Waals surface area contributed by atoms with Crippen LogP contribution in [0.4, 0.5) is 0 Å². The predicted molar refractivity (Wildman–Crippen MR) is 77.3 cm³/mol. The number of rotatable bonds is 2. The minimum absolute atomic E-state index is 0.197. The van der Waals surface area contributed by atoms with Gasteiger partial charge in [0.2, 0.25) is 5.88 Å². The van der Waals surface area contributed by atoms with Crippen molar-refractivity contribution in [2.45, 2.75) is 31.8 Å². The van der Waals surface area contributed by atoms with Crippen LogP contribution in [0.15, 0.2) is 34.9 Å². The number of carbonyl (C=O) groups excluding carboxylic acids is 1. The van der Waals surface area contributed by atoms with E-state index in [9.17, 15) is 4.79 Å². The summed E-state index contributed by atoms with van der Waals surface area (Å²) < 4.78 is 6.76. The van der Waals surface area contributed by atoms with E-state index in [1.54, 1.807) is 6.20 Å². The molecule has 0 saturated heterocycles. The van der Waals surface area contributed by atoms with Crippen LogP contribution in [0.2, 0.25) is 0 Å². The Morgan fingerprint density at radius 1 is 1.21 bits per heavy atom. The van der Waals surface area contributed by atoms with Crippen molar-refractivity contribution in [3.63, 3.8) is 0 Å². The zero-order valence-electron chi connectivity index (χ0n) is 10.4. The summed E-state index contributed by atoms with van der Waals surface area (Å²) in [4.78, 5) is 16.0. The van der Waals surface area contributed by atoms with Crippen LogP contribution in [0.1, 0.15) is 25.7 Å². The summed E-state index contributed by atoms with van der Waals surface area (Å²) in [6.45, 7) is 0. The van der Waals surface area contributed by atoms with Gasteiger partial charge in [-0.3, -0.25) is 4.79 Å². The third-order valence-corrected chi connectivity index (χ3v) is 3.91. The van der Waals surface area contributed by atoms with Crippen molar-refractivity contribution in [3.8, 4) is 5.88 Å². The van der Waals surface area contributed by atoms with Crippen LogP contribution in [-0.4, -0.2) is 16.9 Å². The van der Waals surface area contributed by atoms with Crippen LogP contribution >= 0.6 is 15.9 Å². The van der Waals surface area contributed by atoms with E-state index in [-0.39, 0.29) is 11.9 Å². The standard InChI is InChI=1S/C15H14BrNO2/c16-12-6-5-10-9-17-15(8-11(10)7-12)19-14-4-2-1-3-13(14)18/h5-9,14H,1-4H2. The number of nitrogens with zero attached hydrogens (tertiary/aromatic N) is 1. The molecule has 0 aliphatic heterocycles. The van der Waals surface area contributed by atoms with Gasteiger partial charge in [-0.2, -0.15) is 0 Å². The minimum atomic E-state index is -0.314. The summed E-state index contributed by atoms with van der Waals surface area (Å²) in [7, 11) is 0. The molecule has 1 saturated carbocycles. The summed E-state index contributed by atoms with van der Waals surface area (Å²) in [5, 5.41) is 2.12. The van der Waals surface area contributed by atoms with Gasteiger partial charge < -0.3 is 4.74 Å². The Morgan fingerprint density at radius 3 is 2.95 bits per heavy atom. The molecule has 1 aliphatic carbocycles. The van der Waals surface area contributed by atoms with Gasteiger partial charge in [0.1, 0.15) is 0 Å². The number of benzene rings is 1. The zero-order chi connectivity index (χ0) is 13.2. The summed E-state index contributed by atoms with van der Waals surface area (Å²) in [5.74, 6) is 0.730. The number of fused-ring (bicyclic) bond motifs is 1. The lowest BCUT2D eigenvalue weighted by Gasteiger charge is -2.21. The second kappa shape index (κ2) is 5.29. The maximum absolute atomic E-state index is 11.8. The fourth-order valence-electron chi connectivity index (χ4n) is 2.38. The van der Waals surface area contributed by atoms with E-state index in [1.165, 1.54) is 0 Å². The molecule has 2 aromatic rings. The molecule has 1 atom stereocenters. The molecule has 4 heteroatoms. The van der Waals surface area contributed by atoms with E-state index in [0.717, 1.165) is 34.5 Å². The second-order valence-corrected chi connectivity index (χ2v) is 5.75. The van der Waals surface area contributed by atoms with E-state index >= 15 is 0 Å². The molecular formula is C15H14BrNO2. The number of ether oxygens (including phenoxy) is 1. The van der Waals surface area contributed by atoms with Gasteiger partial charge >= 0.3 is 0 Å². The van der Waals surface area contributed by atoms with E-state index in [4.69, 9.17) is 4.74 Å². The van der Waals surface area contributed by atoms with Crippen LogP contribution in [0.25, 0.3) is 10.8 Å². The number of pyridine rings is 1. The highest BCUT2D eigenvalue weighted by atomic mass is 79.9. The van der Waals surface area contributed by atoms with Gasteiger partial charge in [0, 0.05) is 28.5 Å². The first-order valence-electron chi connectivity index (χ1n) is 6.47. The van der Waals surface area contributed by atoms with Gasteiger partial charge in [-0.15, -0.1) is 0 Å². The molecule has 19 heavy (non-hydrogen) atoms. The van der Waals surface area contributed by atoms with Crippen LogP contribution in [0.5, 0.6) is 5.88 Å². The first kappa shape index (κ1) is 12.6. The molecule has 0 radical (unpaired) electrons. The highest BCUT2D eigenvalue weighted by Crippen LogP contribution is 2.24. The van der Waals surface area contributed by atoms with Crippen molar-refractivity contribution in [2.24, 2.45) is 0 Å². The predicted octanol–water partition coefficient (Wildman–Crippen LogP) is 3.89. The number of carbonyl (C=O) groups is 1. The average molecular weight is 320 g/mol. The van der Waals surface area contributed by atoms with Crippen LogP contribution in [0.3, 0.4) is 0 Å². The number of ketones is 1. The Bertz CT molecular complexity index is 627. The van der Waals surface area contributed by atoms with E-state index < -0.39 is 0 Å². The molecule has 1 aromatic carbocycles. The number of hydrogen-bond donors (Lipinski definition) is 0. The van der Waals surface area contributed by atoms with Crippen LogP contribution < -0.4 is 4.74 Å². The van der Waals surface area contributed by atoms with Gasteiger partial charge in [0.15, 0.2) is 11.9 Å². The monoisotopic (exact) mass is 319 g/mol. The van der Waals surface area contributed by atoms with Gasteiger partial charge in [-0.1, -0.05) is 22.0 Å². The topological polar surface area (TPSA) is 39.2 Å². The molecule has 0 amide bonds. The van der Waals surface area contributed by atoms with Crippen molar-refractivity contribution in [2.75, 3.05) is 0 Å². The number of hydrogen-bond acceptors (Lipinski definition) is 3. The molecule has 0 bridgehead atoms. The lowest BCUT2D eigenvalue weighted by atomic mass is 9.96. The lowest BCUT2D eigenvalue weighted by molar-refractivity contribution is -0.127. The molecule has 1 heterocycles. The van der Waals surface area contributed by atoms with Gasteiger partial charge in [-0.25, -0.2) is 4.98 Å². The van der Waals surface area contributed by atoms with Gasteiger partial charge in [-0.05, 0) is 36.8 Å². The van der Waals surface area contributed by atoms with Crippen molar-refractivity contribution in [1.29, 1.82) is 0 Å². The Hall–Kier alpha value is -1.42. The smallest absolute Gasteiger partial charge is 0.214 e. The molecule has 1 aliphatic rings. The van der Waals surface area contributed by atoms with E-state index in [1.807, 2.05) is 24.3 Å². The van der Waals surface area contributed by atoms with Crippen molar-refractivity contribution < 1.29 is 9.53 Å². The summed E-state index contributed by atoms with van der Waals surface area (Å²) in [6.07, 6.45) is 4.93. The molecule has 1 unspecified atom stereocenters. The van der Waals surface area contributed by atoms with Gasteiger partial charge in [0.25, 0.3) is 0 Å². The SMILES string of the molecule is O=C1CCCCC1Oc1cc2cc(Br)ccc2cn1. The maximum Gasteiger partial charge on any atom is 0.214 e. The van der Waals surface area contributed by atoms with Crippen molar-refractivity contribution in [3.05, 3.63) is 34.9 Å². The molecule has 98 valence electrons. The molecule has 3 rings (SSSR count). The lowest BCUT2D eigenvalue weighted by Crippen LogP contribution is -2.30.